The fourth-order valence-electron chi connectivity index (χ4n) is 3.27. The molecule has 31 heavy (non-hydrogen) atoms. The Balaban J connectivity index is 1.42. The van der Waals surface area contributed by atoms with Gasteiger partial charge in [-0.1, -0.05) is 28.4 Å². The van der Waals surface area contributed by atoms with Gasteiger partial charge in [0.1, 0.15) is 0 Å². The zero-order valence-corrected chi connectivity index (χ0v) is 18.8. The summed E-state index contributed by atoms with van der Waals surface area (Å²) in [5.41, 5.74) is 1.22. The van der Waals surface area contributed by atoms with Crippen LogP contribution < -0.4 is 0 Å². The number of rotatable bonds is 4. The average molecular weight is 481 g/mol. The van der Waals surface area contributed by atoms with E-state index in [0.29, 0.717) is 17.3 Å². The molecule has 0 N–H and O–H groups in total. The smallest absolute Gasteiger partial charge is 0.257 e. The Kier molecular flexibility index (Phi) is 6.02. The molecule has 0 unspecified atom stereocenters. The van der Waals surface area contributed by atoms with Gasteiger partial charge in [-0.3, -0.25) is 4.79 Å². The minimum absolute atomic E-state index is 0.0773. The summed E-state index contributed by atoms with van der Waals surface area (Å²) in [5, 5.41) is 4.22. The van der Waals surface area contributed by atoms with Crippen molar-refractivity contribution in [2.24, 2.45) is 0 Å². The van der Waals surface area contributed by atoms with Gasteiger partial charge in [-0.2, -0.15) is 9.29 Å². The molecule has 2 heterocycles. The summed E-state index contributed by atoms with van der Waals surface area (Å²) in [6, 6.07) is 11.1. The topological polar surface area (TPSA) is 96.6 Å². The number of nitrogens with zero attached hydrogens (tertiary/aromatic N) is 4. The number of carbonyl (C=O) groups excluding carboxylic acids is 1. The van der Waals surface area contributed by atoms with E-state index < -0.39 is 10.0 Å². The van der Waals surface area contributed by atoms with E-state index in [-0.39, 0.29) is 47.0 Å². The van der Waals surface area contributed by atoms with Gasteiger partial charge in [0, 0.05) is 37.3 Å². The molecule has 0 aliphatic carbocycles. The monoisotopic (exact) mass is 480 g/mol. The molecule has 8 nitrogen and oxygen atoms in total. The predicted octanol–water partition coefficient (Wildman–Crippen LogP) is 3.50. The summed E-state index contributed by atoms with van der Waals surface area (Å²) >= 11 is 11.8. The first-order chi connectivity index (χ1) is 14.8. The molecule has 3 aromatic rings. The molecular weight excluding hydrogens is 463 g/mol. The molecule has 0 bridgehead atoms. The van der Waals surface area contributed by atoms with Crippen molar-refractivity contribution in [2.45, 2.75) is 11.8 Å². The molecule has 1 saturated heterocycles. The van der Waals surface area contributed by atoms with Crippen molar-refractivity contribution in [2.75, 3.05) is 26.2 Å². The van der Waals surface area contributed by atoms with Crippen LogP contribution in [-0.4, -0.2) is 59.8 Å². The highest BCUT2D eigenvalue weighted by atomic mass is 35.5. The molecule has 0 atom stereocenters. The van der Waals surface area contributed by atoms with E-state index in [9.17, 15) is 13.2 Å². The number of sulfonamides is 1. The highest BCUT2D eigenvalue weighted by molar-refractivity contribution is 7.89. The van der Waals surface area contributed by atoms with Crippen molar-refractivity contribution in [3.63, 3.8) is 0 Å². The number of carbonyl (C=O) groups is 1. The third-order valence-corrected chi connectivity index (χ3v) is 7.59. The van der Waals surface area contributed by atoms with Gasteiger partial charge in [-0.15, -0.1) is 0 Å². The van der Waals surface area contributed by atoms with Gasteiger partial charge in [0.15, 0.2) is 5.82 Å². The van der Waals surface area contributed by atoms with E-state index in [4.69, 9.17) is 27.7 Å². The van der Waals surface area contributed by atoms with E-state index in [0.717, 1.165) is 5.56 Å². The standard InChI is InChI=1S/C20H18Cl2N4O4S/c1-13-23-19(30-24-13)14-2-4-15(5-3-14)20(27)25-8-10-26(11-9-25)31(28,29)16-6-7-17(21)18(22)12-16/h2-7,12H,8-11H2,1H3. The first-order valence-electron chi connectivity index (χ1n) is 9.41. The van der Waals surface area contributed by atoms with Crippen molar-refractivity contribution >= 4 is 39.1 Å². The van der Waals surface area contributed by atoms with Gasteiger partial charge in [-0.05, 0) is 49.4 Å². The molecule has 162 valence electrons. The SMILES string of the molecule is Cc1noc(-c2ccc(C(=O)N3CCN(S(=O)(=O)c4ccc(Cl)c(Cl)c4)CC3)cc2)n1. The van der Waals surface area contributed by atoms with Gasteiger partial charge in [0.05, 0.1) is 14.9 Å². The Morgan fingerprint density at radius 1 is 1.00 bits per heavy atom. The van der Waals surface area contributed by atoms with Crippen molar-refractivity contribution in [1.82, 2.24) is 19.3 Å². The second-order valence-electron chi connectivity index (χ2n) is 7.00. The van der Waals surface area contributed by atoms with Crippen LogP contribution in [0.1, 0.15) is 16.2 Å². The van der Waals surface area contributed by atoms with E-state index in [1.54, 1.807) is 36.1 Å². The van der Waals surface area contributed by atoms with Crippen molar-refractivity contribution in [1.29, 1.82) is 0 Å². The molecule has 1 fully saturated rings. The van der Waals surface area contributed by atoms with Crippen LogP contribution in [0.25, 0.3) is 11.5 Å². The van der Waals surface area contributed by atoms with E-state index in [1.807, 2.05) is 0 Å². The fourth-order valence-corrected chi connectivity index (χ4v) is 5.08. The Morgan fingerprint density at radius 3 is 2.26 bits per heavy atom. The Bertz CT molecular complexity index is 1220. The van der Waals surface area contributed by atoms with Crippen LogP contribution >= 0.6 is 23.2 Å². The van der Waals surface area contributed by atoms with E-state index in [2.05, 4.69) is 10.1 Å². The number of benzene rings is 2. The second kappa shape index (κ2) is 8.58. The lowest BCUT2D eigenvalue weighted by molar-refractivity contribution is 0.0698. The maximum Gasteiger partial charge on any atom is 0.257 e. The number of hydrogen-bond donors (Lipinski definition) is 0. The van der Waals surface area contributed by atoms with Crippen molar-refractivity contribution in [3.05, 3.63) is 63.9 Å². The molecule has 11 heteroatoms. The quantitative estimate of drug-likeness (QED) is 0.566. The predicted molar refractivity (Wildman–Crippen MR) is 116 cm³/mol. The maximum atomic E-state index is 12.9. The molecule has 0 radical (unpaired) electrons. The normalized spacial score (nSPS) is 15.3. The van der Waals surface area contributed by atoms with Crippen LogP contribution in [0.5, 0.6) is 0 Å². The number of hydrogen-bond acceptors (Lipinski definition) is 6. The van der Waals surface area contributed by atoms with Crippen LogP contribution in [-0.2, 0) is 10.0 Å². The van der Waals surface area contributed by atoms with E-state index in [1.165, 1.54) is 22.5 Å². The fraction of sp³-hybridized carbons (Fsp3) is 0.250. The summed E-state index contributed by atoms with van der Waals surface area (Å²) in [4.78, 5) is 18.7. The van der Waals surface area contributed by atoms with Crippen LogP contribution in [0.3, 0.4) is 0 Å². The highest BCUT2D eigenvalue weighted by Gasteiger charge is 2.30. The maximum absolute atomic E-state index is 12.9. The third kappa shape index (κ3) is 4.45. The Hall–Kier alpha value is -2.46. The largest absolute Gasteiger partial charge is 0.336 e. The first-order valence-corrected chi connectivity index (χ1v) is 11.6. The molecule has 4 rings (SSSR count). The van der Waals surface area contributed by atoms with Gasteiger partial charge < -0.3 is 9.42 Å². The molecule has 1 aliphatic heterocycles. The molecular formula is C20H18Cl2N4O4S. The van der Waals surface area contributed by atoms with Crippen LogP contribution in [0.15, 0.2) is 51.9 Å². The molecule has 1 aromatic heterocycles. The lowest BCUT2D eigenvalue weighted by atomic mass is 10.1. The van der Waals surface area contributed by atoms with E-state index >= 15 is 0 Å². The van der Waals surface area contributed by atoms with Gasteiger partial charge in [0.2, 0.25) is 10.0 Å². The number of aromatic nitrogens is 2. The van der Waals surface area contributed by atoms with Crippen LogP contribution in [0, 0.1) is 6.92 Å². The van der Waals surface area contributed by atoms with Crippen molar-refractivity contribution < 1.29 is 17.7 Å². The second-order valence-corrected chi connectivity index (χ2v) is 9.75. The molecule has 0 saturated carbocycles. The first kappa shape index (κ1) is 21.8. The third-order valence-electron chi connectivity index (χ3n) is 4.96. The summed E-state index contributed by atoms with van der Waals surface area (Å²) in [6.07, 6.45) is 0. The highest BCUT2D eigenvalue weighted by Crippen LogP contribution is 2.27. The van der Waals surface area contributed by atoms with Gasteiger partial charge >= 0.3 is 0 Å². The summed E-state index contributed by atoms with van der Waals surface area (Å²) in [5.74, 6) is 0.751. The average Bonchev–Trinajstić information content (AvgIpc) is 3.21. The van der Waals surface area contributed by atoms with Crippen molar-refractivity contribution in [3.8, 4) is 11.5 Å². The Morgan fingerprint density at radius 2 is 1.68 bits per heavy atom. The lowest BCUT2D eigenvalue weighted by Gasteiger charge is -2.34. The number of aryl methyl sites for hydroxylation is 1. The summed E-state index contributed by atoms with van der Waals surface area (Å²) in [6.45, 7) is 2.67. The lowest BCUT2D eigenvalue weighted by Crippen LogP contribution is -2.50. The number of piperazine rings is 1. The summed E-state index contributed by atoms with van der Waals surface area (Å²) in [7, 11) is -3.72. The number of amides is 1. The molecule has 1 aliphatic rings. The molecule has 0 spiro atoms. The van der Waals surface area contributed by atoms with Gasteiger partial charge in [0.25, 0.3) is 11.8 Å². The zero-order valence-electron chi connectivity index (χ0n) is 16.5. The van der Waals surface area contributed by atoms with Crippen LogP contribution in [0.4, 0.5) is 0 Å². The zero-order chi connectivity index (χ0) is 22.2. The van der Waals surface area contributed by atoms with Crippen LogP contribution in [0.2, 0.25) is 10.0 Å². The Labute approximate surface area is 189 Å². The molecule has 1 amide bonds. The minimum atomic E-state index is -3.72. The summed E-state index contributed by atoms with van der Waals surface area (Å²) < 4.78 is 32.2. The van der Waals surface area contributed by atoms with Gasteiger partial charge in [-0.25, -0.2) is 8.42 Å². The molecule has 2 aromatic carbocycles. The minimum Gasteiger partial charge on any atom is -0.336 e. The number of halogens is 2.